The van der Waals surface area contributed by atoms with Crippen molar-refractivity contribution in [1.29, 1.82) is 0 Å². The van der Waals surface area contributed by atoms with Crippen LogP contribution in [0, 0.1) is 23.7 Å². The van der Waals surface area contributed by atoms with Crippen molar-refractivity contribution in [2.75, 3.05) is 16.3 Å². The Kier molecular flexibility index (Phi) is 5.46. The molecule has 37 heavy (non-hydrogen) atoms. The van der Waals surface area contributed by atoms with Gasteiger partial charge < -0.3 is 10.2 Å². The monoisotopic (exact) mass is 542 g/mol. The second-order valence-electron chi connectivity index (χ2n) is 10.3. The number of rotatable bonds is 5. The summed E-state index contributed by atoms with van der Waals surface area (Å²) in [6.07, 6.45) is 3.76. The summed E-state index contributed by atoms with van der Waals surface area (Å²) in [5.41, 5.74) is 1.14. The number of piperidine rings is 1. The van der Waals surface area contributed by atoms with Gasteiger partial charge in [-0.1, -0.05) is 30.3 Å². The molecular weight excluding hydrogens is 516 g/mol. The van der Waals surface area contributed by atoms with Gasteiger partial charge in [0.2, 0.25) is 15.9 Å². The highest BCUT2D eigenvalue weighted by atomic mass is 32.2. The number of hydrogen-bond donors (Lipinski definition) is 2. The van der Waals surface area contributed by atoms with Crippen LogP contribution in [0.25, 0.3) is 0 Å². The van der Waals surface area contributed by atoms with Gasteiger partial charge in [0.05, 0.1) is 11.9 Å². The van der Waals surface area contributed by atoms with E-state index in [1.165, 1.54) is 12.1 Å². The third kappa shape index (κ3) is 4.11. The molecular formula is C25H26N4O6S2. The van der Waals surface area contributed by atoms with Gasteiger partial charge in [0.1, 0.15) is 10.7 Å². The lowest BCUT2D eigenvalue weighted by molar-refractivity contribution is -0.153. The minimum Gasteiger partial charge on any atom is -0.341 e. The van der Waals surface area contributed by atoms with E-state index in [0.29, 0.717) is 6.54 Å². The summed E-state index contributed by atoms with van der Waals surface area (Å²) in [7, 11) is -7.93. The van der Waals surface area contributed by atoms with Crippen molar-refractivity contribution in [2.24, 2.45) is 28.1 Å². The maximum absolute atomic E-state index is 13.9. The quantitative estimate of drug-likeness (QED) is 0.552. The highest BCUT2D eigenvalue weighted by molar-refractivity contribution is 7.92. The van der Waals surface area contributed by atoms with Gasteiger partial charge in [-0.15, -0.1) is 4.40 Å². The molecule has 2 aliphatic heterocycles. The van der Waals surface area contributed by atoms with Gasteiger partial charge in [-0.3, -0.25) is 14.3 Å². The Labute approximate surface area is 215 Å². The lowest BCUT2D eigenvalue weighted by Gasteiger charge is -2.45. The molecule has 4 aliphatic rings. The van der Waals surface area contributed by atoms with Crippen molar-refractivity contribution < 1.29 is 26.4 Å². The molecule has 2 aromatic carbocycles. The Morgan fingerprint density at radius 3 is 2.54 bits per heavy atom. The smallest absolute Gasteiger partial charge is 0.286 e. The van der Waals surface area contributed by atoms with Gasteiger partial charge in [0.25, 0.3) is 10.0 Å². The van der Waals surface area contributed by atoms with Crippen LogP contribution in [-0.4, -0.2) is 51.6 Å². The molecule has 12 heteroatoms. The summed E-state index contributed by atoms with van der Waals surface area (Å²) in [4.78, 5) is 29.2. The summed E-state index contributed by atoms with van der Waals surface area (Å²) in [5, 5.41) is 2.91. The van der Waals surface area contributed by atoms with Crippen LogP contribution < -0.4 is 10.0 Å². The van der Waals surface area contributed by atoms with Crippen LogP contribution in [0.1, 0.15) is 24.8 Å². The van der Waals surface area contributed by atoms with Gasteiger partial charge in [-0.25, -0.2) is 8.42 Å². The molecule has 1 unspecified atom stereocenters. The molecule has 0 spiro atoms. The van der Waals surface area contributed by atoms with E-state index in [-0.39, 0.29) is 51.7 Å². The summed E-state index contributed by atoms with van der Waals surface area (Å²) in [5.74, 6) is -2.17. The average molecular weight is 543 g/mol. The first-order valence-corrected chi connectivity index (χ1v) is 15.5. The fourth-order valence-electron chi connectivity index (χ4n) is 6.53. The van der Waals surface area contributed by atoms with Gasteiger partial charge in [-0.2, -0.15) is 8.42 Å². The number of carbonyl (C=O) groups excluding carboxylic acids is 2. The molecule has 2 heterocycles. The van der Waals surface area contributed by atoms with Crippen LogP contribution in [0.5, 0.6) is 0 Å². The number of amides is 1. The maximum atomic E-state index is 13.9. The number of nitrogens with one attached hydrogen (secondary N) is 2. The third-order valence-electron chi connectivity index (χ3n) is 7.89. The van der Waals surface area contributed by atoms with Crippen LogP contribution in [-0.2, 0) is 36.2 Å². The number of sulfonamides is 2. The van der Waals surface area contributed by atoms with Crippen molar-refractivity contribution in [1.82, 2.24) is 4.90 Å². The van der Waals surface area contributed by atoms with E-state index in [1.54, 1.807) is 4.90 Å². The van der Waals surface area contributed by atoms with Gasteiger partial charge in [0.15, 0.2) is 11.7 Å². The lowest BCUT2D eigenvalue weighted by atomic mass is 9.73. The van der Waals surface area contributed by atoms with E-state index in [4.69, 9.17) is 0 Å². The second kappa shape index (κ2) is 8.38. The Hall–Kier alpha value is -3.25. The zero-order valence-electron chi connectivity index (χ0n) is 20.0. The molecule has 1 amide bonds. The lowest BCUT2D eigenvalue weighted by Crippen LogP contribution is -2.61. The number of ketones is 1. The summed E-state index contributed by atoms with van der Waals surface area (Å²) in [6, 6.07) is 13.3. The van der Waals surface area contributed by atoms with Gasteiger partial charge >= 0.3 is 0 Å². The number of likely N-dealkylation sites (tertiary alicyclic amines) is 1. The standard InChI is InChI=1S/C25H26N4O6S2/c1-36(32,33)27-17-9-10-18-19(12-17)37(34,35)28-24(26-18)21-23(30)20-15-7-8-16(11-15)22(20)29(25(21)31)13-14-5-3-2-4-6-14/h2-6,9-10,12,15-16,20-22,27H,7-8,11,13H2,1H3,(H,26,28)/t15-,16+,20-,21?,22+/m1/s1. The van der Waals surface area contributed by atoms with Crippen molar-refractivity contribution >= 4 is 48.9 Å². The zero-order chi connectivity index (χ0) is 26.1. The summed E-state index contributed by atoms with van der Waals surface area (Å²) >= 11 is 0. The van der Waals surface area contributed by atoms with Crippen LogP contribution in [0.3, 0.4) is 0 Å². The predicted octanol–water partition coefficient (Wildman–Crippen LogP) is 2.21. The number of fused-ring (bicyclic) bond motifs is 6. The summed E-state index contributed by atoms with van der Waals surface area (Å²) in [6.45, 7) is 0.338. The summed E-state index contributed by atoms with van der Waals surface area (Å²) < 4.78 is 55.6. The molecule has 194 valence electrons. The Morgan fingerprint density at radius 2 is 1.81 bits per heavy atom. The van der Waals surface area contributed by atoms with Crippen LogP contribution >= 0.6 is 0 Å². The Bertz CT molecular complexity index is 1550. The van der Waals surface area contributed by atoms with Crippen molar-refractivity contribution in [3.63, 3.8) is 0 Å². The number of benzene rings is 2. The predicted molar refractivity (Wildman–Crippen MR) is 137 cm³/mol. The van der Waals surface area contributed by atoms with E-state index < -0.39 is 31.9 Å². The minimum absolute atomic E-state index is 0.0638. The molecule has 2 aromatic rings. The number of carbonyl (C=O) groups is 2. The molecule has 5 atom stereocenters. The minimum atomic E-state index is -4.31. The first-order valence-electron chi connectivity index (χ1n) is 12.1. The largest absolute Gasteiger partial charge is 0.341 e. The number of hydrogen-bond acceptors (Lipinski definition) is 7. The first-order chi connectivity index (χ1) is 17.5. The van der Waals surface area contributed by atoms with Crippen molar-refractivity contribution in [2.45, 2.75) is 36.7 Å². The first kappa shape index (κ1) is 24.1. The molecule has 1 saturated heterocycles. The molecule has 2 saturated carbocycles. The SMILES string of the molecule is CS(=O)(=O)Nc1ccc2c(c1)S(=O)(=O)N=C(C1C(=O)[C@@H]3[C@@H]4CC[C@@H](C4)[C@@H]3N(Cc3ccccc3)C1=O)N2. The topological polar surface area (TPSA) is 142 Å². The fraction of sp³-hybridized carbons (Fsp3) is 0.400. The van der Waals surface area contributed by atoms with E-state index in [0.717, 1.165) is 37.1 Å². The van der Waals surface area contributed by atoms with Crippen molar-refractivity contribution in [3.05, 3.63) is 54.1 Å². The maximum Gasteiger partial charge on any atom is 0.286 e. The number of anilines is 2. The van der Waals surface area contributed by atoms with Gasteiger partial charge in [-0.05, 0) is 54.9 Å². The molecule has 2 bridgehead atoms. The van der Waals surface area contributed by atoms with E-state index >= 15 is 0 Å². The number of nitrogens with zero attached hydrogens (tertiary/aromatic N) is 2. The molecule has 3 fully saturated rings. The molecule has 2 N–H and O–H groups in total. The van der Waals surface area contributed by atoms with Crippen LogP contribution in [0.4, 0.5) is 11.4 Å². The molecule has 0 aromatic heterocycles. The van der Waals surface area contributed by atoms with Crippen LogP contribution in [0.2, 0.25) is 0 Å². The second-order valence-corrected chi connectivity index (χ2v) is 13.6. The molecule has 6 rings (SSSR count). The Balaban J connectivity index is 1.38. The van der Waals surface area contributed by atoms with E-state index in [1.807, 2.05) is 30.3 Å². The van der Waals surface area contributed by atoms with Crippen molar-refractivity contribution in [3.8, 4) is 0 Å². The molecule has 10 nitrogen and oxygen atoms in total. The number of Topliss-reactive ketones (excluding diaryl/α,β-unsaturated/α-hetero) is 1. The highest BCUT2D eigenvalue weighted by Gasteiger charge is 2.60. The third-order valence-corrected chi connectivity index (χ3v) is 9.83. The highest BCUT2D eigenvalue weighted by Crippen LogP contribution is 2.54. The van der Waals surface area contributed by atoms with Crippen LogP contribution in [0.15, 0.2) is 57.8 Å². The zero-order valence-corrected chi connectivity index (χ0v) is 21.6. The van der Waals surface area contributed by atoms with Gasteiger partial charge in [0, 0.05) is 24.2 Å². The fourth-order valence-corrected chi connectivity index (χ4v) is 8.27. The average Bonchev–Trinajstić information content (AvgIpc) is 3.44. The molecule has 2 aliphatic carbocycles. The normalized spacial score (nSPS) is 29.8. The van der Waals surface area contributed by atoms with E-state index in [2.05, 4.69) is 14.4 Å². The molecule has 0 radical (unpaired) electrons. The van der Waals surface area contributed by atoms with E-state index in [9.17, 15) is 26.4 Å². The Morgan fingerprint density at radius 1 is 1.08 bits per heavy atom. The number of amidine groups is 1.